The molecule has 27 heavy (non-hydrogen) atoms. The van der Waals surface area contributed by atoms with Gasteiger partial charge >= 0.3 is 11.9 Å². The van der Waals surface area contributed by atoms with E-state index in [0.717, 1.165) is 11.3 Å². The van der Waals surface area contributed by atoms with Gasteiger partial charge in [-0.2, -0.15) is 5.26 Å². The minimum atomic E-state index is -1.40. The number of ether oxygens (including phenoxy) is 1. The van der Waals surface area contributed by atoms with Gasteiger partial charge in [0, 0.05) is 24.5 Å². The second kappa shape index (κ2) is 8.68. The smallest absolute Gasteiger partial charge is 0.349 e. The highest BCUT2D eigenvalue weighted by atomic mass is 32.1. The highest BCUT2D eigenvalue weighted by molar-refractivity contribution is 7.07. The summed E-state index contributed by atoms with van der Waals surface area (Å²) in [6.45, 7) is 1.41. The number of carboxylic acid groups (broad SMARTS) is 2. The molecule has 0 aliphatic heterocycles. The summed E-state index contributed by atoms with van der Waals surface area (Å²) < 4.78 is 6.59. The number of aliphatic carboxylic acids is 2. The van der Waals surface area contributed by atoms with E-state index in [9.17, 15) is 14.4 Å². The van der Waals surface area contributed by atoms with Crippen molar-refractivity contribution >= 4 is 40.7 Å². The number of aromatic nitrogens is 1. The first kappa shape index (κ1) is 19.7. The largest absolute Gasteiger partial charge is 0.482 e. The lowest BCUT2D eigenvalue weighted by atomic mass is 10.3. The van der Waals surface area contributed by atoms with Crippen LogP contribution in [0.5, 0.6) is 5.75 Å². The number of carboxylic acids is 2. The Balaban J connectivity index is 2.42. The van der Waals surface area contributed by atoms with Crippen LogP contribution >= 0.6 is 11.3 Å². The molecule has 0 spiro atoms. The van der Waals surface area contributed by atoms with Gasteiger partial charge in [0.25, 0.3) is 5.56 Å². The third kappa shape index (κ3) is 4.74. The standard InChI is InChI=1S/C17H15N3O6S/c1-2-20-15(23)13(27-16(20)12(7-18)17(24)25)8-19-10-4-3-5-11(6-10)26-9-14(21)22/h3-6,8,19H,2,9H2,1H3,(H,21,22)(H,24,25)/b13-8+,16-12-. The Bertz CT molecular complexity index is 1090. The Morgan fingerprint density at radius 1 is 1.41 bits per heavy atom. The highest BCUT2D eigenvalue weighted by Crippen LogP contribution is 2.17. The van der Waals surface area contributed by atoms with Crippen LogP contribution in [0.4, 0.5) is 5.69 Å². The summed E-state index contributed by atoms with van der Waals surface area (Å²) in [5, 5.41) is 29.7. The molecule has 0 fully saturated rings. The van der Waals surface area contributed by atoms with Gasteiger partial charge in [0.2, 0.25) is 0 Å². The van der Waals surface area contributed by atoms with Gasteiger partial charge in [0.15, 0.2) is 12.2 Å². The molecule has 140 valence electrons. The molecule has 1 aromatic heterocycles. The second-order valence-corrected chi connectivity index (χ2v) is 6.14. The Hall–Kier alpha value is -3.58. The molecule has 1 heterocycles. The lowest BCUT2D eigenvalue weighted by Crippen LogP contribution is -2.32. The lowest BCUT2D eigenvalue weighted by molar-refractivity contribution is -0.139. The molecular weight excluding hydrogens is 374 g/mol. The number of nitrogens with zero attached hydrogens (tertiary/aromatic N) is 2. The Morgan fingerprint density at radius 2 is 2.15 bits per heavy atom. The van der Waals surface area contributed by atoms with E-state index < -0.39 is 29.7 Å². The van der Waals surface area contributed by atoms with Crippen molar-refractivity contribution in [3.8, 4) is 11.8 Å². The van der Waals surface area contributed by atoms with E-state index in [-0.39, 0.29) is 15.7 Å². The molecule has 0 saturated heterocycles. The number of benzene rings is 1. The summed E-state index contributed by atoms with van der Waals surface area (Å²) >= 11 is 0.892. The van der Waals surface area contributed by atoms with Gasteiger partial charge in [-0.05, 0) is 19.1 Å². The van der Waals surface area contributed by atoms with Crippen LogP contribution in [0.15, 0.2) is 29.1 Å². The molecule has 0 aliphatic rings. The second-order valence-electron chi connectivity index (χ2n) is 5.11. The number of hydrogen-bond acceptors (Lipinski definition) is 7. The fourth-order valence-electron chi connectivity index (χ4n) is 2.15. The van der Waals surface area contributed by atoms with Crippen molar-refractivity contribution < 1.29 is 24.5 Å². The fourth-order valence-corrected chi connectivity index (χ4v) is 3.23. The van der Waals surface area contributed by atoms with Crippen LogP contribution in [0.25, 0.3) is 11.8 Å². The average Bonchev–Trinajstić information content (AvgIpc) is 2.94. The zero-order valence-electron chi connectivity index (χ0n) is 14.1. The van der Waals surface area contributed by atoms with E-state index in [0.29, 0.717) is 11.4 Å². The zero-order valence-corrected chi connectivity index (χ0v) is 14.9. The molecule has 0 unspecified atom stereocenters. The summed E-state index contributed by atoms with van der Waals surface area (Å²) in [7, 11) is 0. The van der Waals surface area contributed by atoms with Crippen LogP contribution < -0.4 is 24.8 Å². The van der Waals surface area contributed by atoms with Crippen molar-refractivity contribution in [2.45, 2.75) is 13.5 Å². The third-order valence-corrected chi connectivity index (χ3v) is 4.46. The molecule has 1 aromatic carbocycles. The molecule has 9 nitrogen and oxygen atoms in total. The summed E-state index contributed by atoms with van der Waals surface area (Å²) in [4.78, 5) is 34.2. The van der Waals surface area contributed by atoms with Gasteiger partial charge in [0.05, 0.1) is 0 Å². The molecule has 0 amide bonds. The number of thiazole rings is 1. The normalized spacial score (nSPS) is 12.2. The Kier molecular flexibility index (Phi) is 6.35. The number of carbonyl (C=O) groups is 2. The monoisotopic (exact) mass is 389 g/mol. The molecule has 2 rings (SSSR count). The summed E-state index contributed by atoms with van der Waals surface area (Å²) in [6, 6.07) is 8.07. The minimum Gasteiger partial charge on any atom is -0.482 e. The molecule has 0 radical (unpaired) electrons. The van der Waals surface area contributed by atoms with Crippen LogP contribution in [0, 0.1) is 11.3 Å². The minimum absolute atomic E-state index is 0.0732. The van der Waals surface area contributed by atoms with Crippen LogP contribution in [0.3, 0.4) is 0 Å². The van der Waals surface area contributed by atoms with E-state index in [2.05, 4.69) is 5.32 Å². The van der Waals surface area contributed by atoms with Crippen LogP contribution in [0.2, 0.25) is 0 Å². The number of hydrogen-bond donors (Lipinski definition) is 3. The SMILES string of the molecule is CCn1c(=O)/c(=C\Nc2cccc(OCC(=O)O)c2)s/c1=C(/C#N)C(=O)O. The van der Waals surface area contributed by atoms with Gasteiger partial charge < -0.3 is 20.3 Å². The summed E-state index contributed by atoms with van der Waals surface area (Å²) in [6.07, 6.45) is 1.40. The number of nitrogens with one attached hydrogen (secondary N) is 1. The third-order valence-electron chi connectivity index (χ3n) is 3.33. The van der Waals surface area contributed by atoms with Crippen LogP contribution in [-0.4, -0.2) is 33.3 Å². The number of rotatable bonds is 7. The van der Waals surface area contributed by atoms with Gasteiger partial charge in [-0.15, -0.1) is 11.3 Å². The van der Waals surface area contributed by atoms with Crippen molar-refractivity contribution in [2.75, 3.05) is 11.9 Å². The van der Waals surface area contributed by atoms with E-state index >= 15 is 0 Å². The maximum atomic E-state index is 12.4. The molecule has 0 aliphatic carbocycles. The van der Waals surface area contributed by atoms with Crippen molar-refractivity contribution in [3.63, 3.8) is 0 Å². The van der Waals surface area contributed by atoms with E-state index in [4.69, 9.17) is 20.2 Å². The van der Waals surface area contributed by atoms with Gasteiger partial charge in [-0.25, -0.2) is 9.59 Å². The maximum absolute atomic E-state index is 12.4. The molecule has 3 N–H and O–H groups in total. The fraction of sp³-hybridized carbons (Fsp3) is 0.176. The van der Waals surface area contributed by atoms with Gasteiger partial charge in [-0.1, -0.05) is 6.07 Å². The van der Waals surface area contributed by atoms with E-state index in [1.54, 1.807) is 37.3 Å². The maximum Gasteiger partial charge on any atom is 0.349 e. The quantitative estimate of drug-likeness (QED) is 0.601. The first-order valence-corrected chi connectivity index (χ1v) is 8.47. The van der Waals surface area contributed by atoms with E-state index in [1.807, 2.05) is 0 Å². The highest BCUT2D eigenvalue weighted by Gasteiger charge is 2.13. The first-order chi connectivity index (χ1) is 12.9. The number of nitriles is 1. The first-order valence-electron chi connectivity index (χ1n) is 7.66. The van der Waals surface area contributed by atoms with Gasteiger partial charge in [-0.3, -0.25) is 9.36 Å². The van der Waals surface area contributed by atoms with Crippen molar-refractivity contribution in [3.05, 3.63) is 43.8 Å². The predicted molar refractivity (Wildman–Crippen MR) is 97.8 cm³/mol. The summed E-state index contributed by atoms with van der Waals surface area (Å²) in [5.74, 6) is -2.17. The average molecular weight is 389 g/mol. The Labute approximate surface area is 156 Å². The van der Waals surface area contributed by atoms with Crippen molar-refractivity contribution in [1.82, 2.24) is 4.57 Å². The molecule has 0 atom stereocenters. The molecule has 2 aromatic rings. The van der Waals surface area contributed by atoms with Crippen molar-refractivity contribution in [2.24, 2.45) is 0 Å². The summed E-state index contributed by atoms with van der Waals surface area (Å²) in [5.41, 5.74) is -0.377. The van der Waals surface area contributed by atoms with E-state index in [1.165, 1.54) is 10.8 Å². The lowest BCUT2D eigenvalue weighted by Gasteiger charge is -2.05. The molecule has 10 heteroatoms. The van der Waals surface area contributed by atoms with Crippen LogP contribution in [-0.2, 0) is 16.1 Å². The molecule has 0 bridgehead atoms. The molecular formula is C17H15N3O6S. The predicted octanol–water partition coefficient (Wildman–Crippen LogP) is 0.00208. The van der Waals surface area contributed by atoms with Crippen LogP contribution in [0.1, 0.15) is 6.92 Å². The molecule has 0 saturated carbocycles. The number of anilines is 1. The van der Waals surface area contributed by atoms with Gasteiger partial charge in [0.1, 0.15) is 21.0 Å². The Morgan fingerprint density at radius 3 is 2.74 bits per heavy atom. The topological polar surface area (TPSA) is 142 Å². The van der Waals surface area contributed by atoms with Crippen molar-refractivity contribution in [1.29, 1.82) is 5.26 Å². The zero-order chi connectivity index (χ0) is 20.0.